The van der Waals surface area contributed by atoms with E-state index in [9.17, 15) is 4.79 Å². The quantitative estimate of drug-likeness (QED) is 0.540. The number of rotatable bonds is 8. The van der Waals surface area contributed by atoms with Gasteiger partial charge in [0.1, 0.15) is 0 Å². The molecule has 0 aliphatic rings. The van der Waals surface area contributed by atoms with E-state index < -0.39 is 0 Å². The fourth-order valence-electron chi connectivity index (χ4n) is 2.80. The molecule has 0 saturated heterocycles. The minimum absolute atomic E-state index is 0.0285. The number of para-hydroxylation sites is 1. The van der Waals surface area contributed by atoms with Crippen LogP contribution in [0, 0.1) is 6.92 Å². The Morgan fingerprint density at radius 1 is 0.929 bits per heavy atom. The molecule has 3 rings (SSSR count). The maximum atomic E-state index is 12.4. The molecule has 0 heterocycles. The predicted molar refractivity (Wildman–Crippen MR) is 119 cm³/mol. The molecule has 0 aliphatic carbocycles. The lowest BCUT2D eigenvalue weighted by Crippen LogP contribution is -2.32. The second-order valence-electron chi connectivity index (χ2n) is 6.81. The molecule has 28 heavy (non-hydrogen) atoms. The van der Waals surface area contributed by atoms with E-state index in [1.54, 1.807) is 11.8 Å². The topological polar surface area (TPSA) is 32.3 Å². The van der Waals surface area contributed by atoms with Crippen LogP contribution in [-0.2, 0) is 5.75 Å². The first kappa shape index (κ1) is 20.0. The summed E-state index contributed by atoms with van der Waals surface area (Å²) in [4.78, 5) is 15.7. The van der Waals surface area contributed by atoms with Crippen LogP contribution in [0.15, 0.2) is 83.8 Å². The van der Waals surface area contributed by atoms with Crippen LogP contribution < -0.4 is 10.2 Å². The van der Waals surface area contributed by atoms with E-state index in [1.807, 2.05) is 49.5 Å². The number of likely N-dealkylation sites (N-methyl/N-ethyl adjacent to an activating group) is 1. The molecule has 0 radical (unpaired) electrons. The molecule has 1 N–H and O–H groups in total. The Bertz CT molecular complexity index is 877. The number of aryl methyl sites for hydroxylation is 1. The van der Waals surface area contributed by atoms with E-state index in [1.165, 1.54) is 16.0 Å². The Labute approximate surface area is 171 Å². The lowest BCUT2D eigenvalue weighted by molar-refractivity contribution is 0.0954. The standard InChI is InChI=1S/C24H26N2OS/c1-19-8-14-23(15-9-19)28-18-20-10-12-21(13-11-20)24(27)25-16-17-26(2)22-6-4-3-5-7-22/h3-15H,16-18H2,1-2H3,(H,25,27). The summed E-state index contributed by atoms with van der Waals surface area (Å²) < 4.78 is 0. The number of carbonyl (C=O) groups is 1. The molecule has 4 heteroatoms. The third-order valence-electron chi connectivity index (χ3n) is 4.57. The summed E-state index contributed by atoms with van der Waals surface area (Å²) in [5.41, 5.74) is 4.33. The highest BCUT2D eigenvalue weighted by Crippen LogP contribution is 2.23. The zero-order valence-electron chi connectivity index (χ0n) is 16.4. The van der Waals surface area contributed by atoms with Gasteiger partial charge in [0.2, 0.25) is 0 Å². The summed E-state index contributed by atoms with van der Waals surface area (Å²) in [6.07, 6.45) is 0. The second kappa shape index (κ2) is 10.00. The molecule has 0 fully saturated rings. The van der Waals surface area contributed by atoms with Crippen molar-refractivity contribution in [3.63, 3.8) is 0 Å². The van der Waals surface area contributed by atoms with Crippen molar-refractivity contribution in [2.75, 3.05) is 25.0 Å². The Kier molecular flexibility index (Phi) is 7.15. The van der Waals surface area contributed by atoms with Crippen molar-refractivity contribution in [3.05, 3.63) is 95.6 Å². The van der Waals surface area contributed by atoms with E-state index in [2.05, 4.69) is 53.5 Å². The van der Waals surface area contributed by atoms with Crippen molar-refractivity contribution in [1.82, 2.24) is 5.32 Å². The molecule has 0 unspecified atom stereocenters. The average Bonchev–Trinajstić information content (AvgIpc) is 2.74. The number of hydrogen-bond donors (Lipinski definition) is 1. The van der Waals surface area contributed by atoms with Gasteiger partial charge >= 0.3 is 0 Å². The molecule has 0 aromatic heterocycles. The van der Waals surface area contributed by atoms with E-state index in [0.29, 0.717) is 12.1 Å². The van der Waals surface area contributed by atoms with Gasteiger partial charge in [-0.2, -0.15) is 0 Å². The third-order valence-corrected chi connectivity index (χ3v) is 5.66. The van der Waals surface area contributed by atoms with Crippen LogP contribution in [0.4, 0.5) is 5.69 Å². The molecule has 0 saturated carbocycles. The Morgan fingerprint density at radius 2 is 1.61 bits per heavy atom. The normalized spacial score (nSPS) is 10.5. The van der Waals surface area contributed by atoms with Gasteiger partial charge in [-0.15, -0.1) is 11.8 Å². The maximum Gasteiger partial charge on any atom is 0.251 e. The van der Waals surface area contributed by atoms with Gasteiger partial charge in [0, 0.05) is 42.0 Å². The number of nitrogens with one attached hydrogen (secondary N) is 1. The largest absolute Gasteiger partial charge is 0.373 e. The van der Waals surface area contributed by atoms with Crippen LogP contribution in [-0.4, -0.2) is 26.0 Å². The zero-order valence-corrected chi connectivity index (χ0v) is 17.2. The minimum Gasteiger partial charge on any atom is -0.373 e. The monoisotopic (exact) mass is 390 g/mol. The Balaban J connectivity index is 1.44. The summed E-state index contributed by atoms with van der Waals surface area (Å²) in [5, 5.41) is 3.00. The molecule has 0 spiro atoms. The van der Waals surface area contributed by atoms with Crippen molar-refractivity contribution in [3.8, 4) is 0 Å². The van der Waals surface area contributed by atoms with Gasteiger partial charge < -0.3 is 10.2 Å². The van der Waals surface area contributed by atoms with Gasteiger partial charge in [-0.1, -0.05) is 48.0 Å². The van der Waals surface area contributed by atoms with E-state index in [-0.39, 0.29) is 5.91 Å². The van der Waals surface area contributed by atoms with Gasteiger partial charge in [-0.05, 0) is 48.9 Å². The number of anilines is 1. The predicted octanol–water partition coefficient (Wildman–Crippen LogP) is 5.15. The third kappa shape index (κ3) is 5.89. The fraction of sp³-hybridized carbons (Fsp3) is 0.208. The van der Waals surface area contributed by atoms with Crippen LogP contribution in [0.3, 0.4) is 0 Å². The zero-order chi connectivity index (χ0) is 19.8. The molecule has 0 aliphatic heterocycles. The molecular formula is C24H26N2OS. The molecular weight excluding hydrogens is 364 g/mol. The van der Waals surface area contributed by atoms with Crippen molar-refractivity contribution in [2.24, 2.45) is 0 Å². The number of amides is 1. The smallest absolute Gasteiger partial charge is 0.251 e. The van der Waals surface area contributed by atoms with Gasteiger partial charge in [0.05, 0.1) is 0 Å². The van der Waals surface area contributed by atoms with Crippen molar-refractivity contribution in [2.45, 2.75) is 17.6 Å². The van der Waals surface area contributed by atoms with Crippen LogP contribution >= 0.6 is 11.8 Å². The first-order valence-corrected chi connectivity index (χ1v) is 10.4. The Hall–Kier alpha value is -2.72. The van der Waals surface area contributed by atoms with Crippen LogP contribution in [0.25, 0.3) is 0 Å². The summed E-state index contributed by atoms with van der Waals surface area (Å²) in [5.74, 6) is 0.867. The van der Waals surface area contributed by atoms with E-state index in [0.717, 1.165) is 18.0 Å². The molecule has 3 nitrogen and oxygen atoms in total. The number of benzene rings is 3. The lowest BCUT2D eigenvalue weighted by Gasteiger charge is -2.19. The van der Waals surface area contributed by atoms with E-state index >= 15 is 0 Å². The highest BCUT2D eigenvalue weighted by atomic mass is 32.2. The lowest BCUT2D eigenvalue weighted by atomic mass is 10.1. The highest BCUT2D eigenvalue weighted by Gasteiger charge is 2.06. The first-order valence-electron chi connectivity index (χ1n) is 9.44. The molecule has 0 bridgehead atoms. The van der Waals surface area contributed by atoms with Gasteiger partial charge in [0.25, 0.3) is 5.91 Å². The maximum absolute atomic E-state index is 12.4. The van der Waals surface area contributed by atoms with Gasteiger partial charge in [-0.25, -0.2) is 0 Å². The van der Waals surface area contributed by atoms with Crippen LogP contribution in [0.5, 0.6) is 0 Å². The molecule has 1 amide bonds. The van der Waals surface area contributed by atoms with Crippen molar-refractivity contribution >= 4 is 23.4 Å². The number of carbonyl (C=O) groups excluding carboxylic acids is 1. The minimum atomic E-state index is -0.0285. The molecule has 3 aromatic carbocycles. The van der Waals surface area contributed by atoms with Crippen molar-refractivity contribution in [1.29, 1.82) is 0 Å². The number of nitrogens with zero attached hydrogens (tertiary/aromatic N) is 1. The van der Waals surface area contributed by atoms with Gasteiger partial charge in [0.15, 0.2) is 0 Å². The van der Waals surface area contributed by atoms with Crippen LogP contribution in [0.2, 0.25) is 0 Å². The summed E-state index contributed by atoms with van der Waals surface area (Å²) in [6, 6.07) is 26.6. The summed E-state index contributed by atoms with van der Waals surface area (Å²) in [7, 11) is 2.03. The summed E-state index contributed by atoms with van der Waals surface area (Å²) in [6.45, 7) is 3.47. The highest BCUT2D eigenvalue weighted by molar-refractivity contribution is 7.98. The van der Waals surface area contributed by atoms with Gasteiger partial charge in [-0.3, -0.25) is 4.79 Å². The van der Waals surface area contributed by atoms with Crippen molar-refractivity contribution < 1.29 is 4.79 Å². The number of hydrogen-bond acceptors (Lipinski definition) is 3. The first-order chi connectivity index (χ1) is 13.6. The molecule has 0 atom stereocenters. The second-order valence-corrected chi connectivity index (χ2v) is 7.86. The van der Waals surface area contributed by atoms with Crippen LogP contribution in [0.1, 0.15) is 21.5 Å². The summed E-state index contributed by atoms with van der Waals surface area (Å²) >= 11 is 1.81. The van der Waals surface area contributed by atoms with E-state index in [4.69, 9.17) is 0 Å². The average molecular weight is 391 g/mol. The fourth-order valence-corrected chi connectivity index (χ4v) is 3.66. The Morgan fingerprint density at radius 3 is 2.29 bits per heavy atom. The molecule has 3 aromatic rings. The number of thioether (sulfide) groups is 1. The molecule has 144 valence electrons. The SMILES string of the molecule is Cc1ccc(SCc2ccc(C(=O)NCCN(C)c3ccccc3)cc2)cc1.